The van der Waals surface area contributed by atoms with Crippen LogP contribution in [0.25, 0.3) is 0 Å². The van der Waals surface area contributed by atoms with Crippen LogP contribution in [0.5, 0.6) is 0 Å². The van der Waals surface area contributed by atoms with Gasteiger partial charge < -0.3 is 5.73 Å². The van der Waals surface area contributed by atoms with Gasteiger partial charge in [-0.25, -0.2) is 8.42 Å². The van der Waals surface area contributed by atoms with E-state index in [2.05, 4.69) is 4.72 Å². The Balaban J connectivity index is 2.90. The van der Waals surface area contributed by atoms with Gasteiger partial charge in [-0.3, -0.25) is 4.72 Å². The third-order valence-corrected chi connectivity index (χ3v) is 4.19. The van der Waals surface area contributed by atoms with Gasteiger partial charge >= 0.3 is 0 Å². The summed E-state index contributed by atoms with van der Waals surface area (Å²) in [5.41, 5.74) is 8.71. The lowest BCUT2D eigenvalue weighted by atomic mass is 9.94. The molecule has 0 unspecified atom stereocenters. The molecule has 4 nitrogen and oxygen atoms in total. The molecule has 1 aromatic carbocycles. The van der Waals surface area contributed by atoms with Crippen molar-refractivity contribution in [3.8, 4) is 0 Å². The number of anilines is 2. The summed E-state index contributed by atoms with van der Waals surface area (Å²) < 4.78 is 26.9. The number of nitrogens with two attached hydrogens (primary N) is 1. The quantitative estimate of drug-likeness (QED) is 0.835. The molecule has 19 heavy (non-hydrogen) atoms. The van der Waals surface area contributed by atoms with Crippen molar-refractivity contribution in [3.05, 3.63) is 23.3 Å². The third-order valence-electron chi connectivity index (χ3n) is 2.93. The highest BCUT2D eigenvalue weighted by Gasteiger charge is 2.18. The van der Waals surface area contributed by atoms with E-state index in [1.165, 1.54) is 0 Å². The van der Waals surface area contributed by atoms with Crippen LogP contribution in [0.15, 0.2) is 12.1 Å². The molecule has 0 amide bonds. The van der Waals surface area contributed by atoms with Gasteiger partial charge in [0, 0.05) is 5.69 Å². The highest BCUT2D eigenvalue weighted by atomic mass is 32.2. The van der Waals surface area contributed by atoms with E-state index in [1.807, 2.05) is 34.6 Å². The minimum absolute atomic E-state index is 0.0000444. The van der Waals surface area contributed by atoms with Crippen molar-refractivity contribution in [3.63, 3.8) is 0 Å². The van der Waals surface area contributed by atoms with E-state index >= 15 is 0 Å². The van der Waals surface area contributed by atoms with Gasteiger partial charge in [-0.05, 0) is 48.9 Å². The first-order chi connectivity index (χ1) is 8.50. The summed E-state index contributed by atoms with van der Waals surface area (Å²) in [5, 5.41) is 0. The number of hydrogen-bond acceptors (Lipinski definition) is 3. The second-order valence-corrected chi connectivity index (χ2v) is 8.10. The number of nitrogens with one attached hydrogen (secondary N) is 1. The summed E-state index contributed by atoms with van der Waals surface area (Å²) in [6.45, 7) is 9.79. The van der Waals surface area contributed by atoms with Crippen molar-refractivity contribution in [2.45, 2.75) is 41.0 Å². The molecule has 0 fully saturated rings. The molecule has 3 N–H and O–H groups in total. The predicted octanol–water partition coefficient (Wildman–Crippen LogP) is 3.06. The van der Waals surface area contributed by atoms with Gasteiger partial charge in [-0.2, -0.15) is 0 Å². The summed E-state index contributed by atoms with van der Waals surface area (Å²) in [6.07, 6.45) is 0.620. The zero-order valence-corrected chi connectivity index (χ0v) is 13.2. The van der Waals surface area contributed by atoms with Gasteiger partial charge in [0.05, 0.1) is 11.4 Å². The Morgan fingerprint density at radius 2 is 1.63 bits per heavy atom. The fourth-order valence-corrected chi connectivity index (χ4v) is 3.42. The molecule has 5 heteroatoms. The number of nitrogen functional groups attached to an aromatic ring is 1. The zero-order chi connectivity index (χ0) is 14.8. The summed E-state index contributed by atoms with van der Waals surface area (Å²) >= 11 is 0. The number of hydrogen-bond donors (Lipinski definition) is 2. The number of benzene rings is 1. The molecule has 0 aliphatic rings. The van der Waals surface area contributed by atoms with Gasteiger partial charge in [0.2, 0.25) is 10.0 Å². The maximum Gasteiger partial charge on any atom is 0.232 e. The molecule has 0 aliphatic carbocycles. The first kappa shape index (κ1) is 15.8. The molecule has 0 heterocycles. The van der Waals surface area contributed by atoms with Crippen molar-refractivity contribution in [1.82, 2.24) is 0 Å². The normalized spacial score (nSPS) is 12.5. The van der Waals surface area contributed by atoms with Crippen molar-refractivity contribution < 1.29 is 8.42 Å². The zero-order valence-electron chi connectivity index (χ0n) is 12.4. The van der Waals surface area contributed by atoms with Crippen LogP contribution in [0.4, 0.5) is 11.4 Å². The average molecular weight is 284 g/mol. The minimum atomic E-state index is -3.32. The van der Waals surface area contributed by atoms with E-state index < -0.39 is 10.0 Å². The fraction of sp³-hybridized carbons (Fsp3) is 0.571. The molecule has 1 rings (SSSR count). The molecule has 0 radical (unpaired) electrons. The summed E-state index contributed by atoms with van der Waals surface area (Å²) in [5.74, 6) is 0.125. The standard InChI is InChI=1S/C14H24N2O2S/c1-10-8-12(15)9-11(2)13(10)16-19(17,18)7-6-14(3,4)5/h8-9,16H,6-7,15H2,1-5H3. The lowest BCUT2D eigenvalue weighted by molar-refractivity contribution is 0.397. The molecule has 0 aromatic heterocycles. The second kappa shape index (κ2) is 5.41. The van der Waals surface area contributed by atoms with E-state index in [9.17, 15) is 8.42 Å². The van der Waals surface area contributed by atoms with Crippen molar-refractivity contribution >= 4 is 21.4 Å². The Hall–Kier alpha value is -1.23. The Bertz CT molecular complexity index is 534. The van der Waals surface area contributed by atoms with Crippen LogP contribution in [0.1, 0.15) is 38.3 Å². The van der Waals surface area contributed by atoms with E-state index in [0.717, 1.165) is 11.1 Å². The molecule has 0 saturated carbocycles. The Morgan fingerprint density at radius 3 is 2.05 bits per heavy atom. The molecule has 0 bridgehead atoms. The summed E-state index contributed by atoms with van der Waals surface area (Å²) in [7, 11) is -3.32. The Kier molecular flexibility index (Phi) is 4.50. The smallest absolute Gasteiger partial charge is 0.232 e. The van der Waals surface area contributed by atoms with E-state index in [-0.39, 0.29) is 11.2 Å². The average Bonchev–Trinajstić information content (AvgIpc) is 2.20. The highest BCUT2D eigenvalue weighted by Crippen LogP contribution is 2.25. The molecular weight excluding hydrogens is 260 g/mol. The predicted molar refractivity (Wildman–Crippen MR) is 81.8 cm³/mol. The molecule has 1 aromatic rings. The molecule has 0 saturated heterocycles. The van der Waals surface area contributed by atoms with Crippen LogP contribution in [0.3, 0.4) is 0 Å². The first-order valence-corrected chi connectivity index (χ1v) is 8.03. The first-order valence-electron chi connectivity index (χ1n) is 6.37. The van der Waals surface area contributed by atoms with Gasteiger partial charge in [-0.1, -0.05) is 20.8 Å². The van der Waals surface area contributed by atoms with Crippen LogP contribution in [-0.4, -0.2) is 14.2 Å². The molecular formula is C14H24N2O2S. The monoisotopic (exact) mass is 284 g/mol. The molecule has 0 atom stereocenters. The van der Waals surface area contributed by atoms with Gasteiger partial charge in [0.25, 0.3) is 0 Å². The van der Waals surface area contributed by atoms with Crippen LogP contribution in [0.2, 0.25) is 0 Å². The van der Waals surface area contributed by atoms with Crippen molar-refractivity contribution in [1.29, 1.82) is 0 Å². The second-order valence-electron chi connectivity index (χ2n) is 6.26. The summed E-state index contributed by atoms with van der Waals surface area (Å²) in [6, 6.07) is 3.54. The van der Waals surface area contributed by atoms with E-state index in [4.69, 9.17) is 5.73 Å². The molecule has 108 valence electrons. The minimum Gasteiger partial charge on any atom is -0.399 e. The number of aryl methyl sites for hydroxylation is 2. The lowest BCUT2D eigenvalue weighted by Gasteiger charge is -2.19. The fourth-order valence-electron chi connectivity index (χ4n) is 1.81. The van der Waals surface area contributed by atoms with Crippen LogP contribution in [0, 0.1) is 19.3 Å². The SMILES string of the molecule is Cc1cc(N)cc(C)c1NS(=O)(=O)CCC(C)(C)C. The highest BCUT2D eigenvalue weighted by molar-refractivity contribution is 7.92. The maximum absolute atomic E-state index is 12.1. The topological polar surface area (TPSA) is 72.2 Å². The molecule has 0 spiro atoms. The summed E-state index contributed by atoms with van der Waals surface area (Å²) in [4.78, 5) is 0. The largest absolute Gasteiger partial charge is 0.399 e. The van der Waals surface area contributed by atoms with Crippen LogP contribution < -0.4 is 10.5 Å². The van der Waals surface area contributed by atoms with Crippen LogP contribution >= 0.6 is 0 Å². The van der Waals surface area contributed by atoms with Crippen LogP contribution in [-0.2, 0) is 10.0 Å². The Morgan fingerprint density at radius 1 is 1.16 bits per heavy atom. The van der Waals surface area contributed by atoms with Gasteiger partial charge in [-0.15, -0.1) is 0 Å². The number of rotatable bonds is 4. The Labute approximate surface area is 116 Å². The number of sulfonamides is 1. The van der Waals surface area contributed by atoms with E-state index in [1.54, 1.807) is 12.1 Å². The van der Waals surface area contributed by atoms with Gasteiger partial charge in [0.15, 0.2) is 0 Å². The van der Waals surface area contributed by atoms with Crippen molar-refractivity contribution in [2.75, 3.05) is 16.2 Å². The van der Waals surface area contributed by atoms with E-state index in [0.29, 0.717) is 17.8 Å². The third kappa shape index (κ3) is 5.11. The van der Waals surface area contributed by atoms with Crippen molar-refractivity contribution in [2.24, 2.45) is 5.41 Å². The molecule has 0 aliphatic heterocycles. The van der Waals surface area contributed by atoms with Gasteiger partial charge in [0.1, 0.15) is 0 Å². The maximum atomic E-state index is 12.1. The lowest BCUT2D eigenvalue weighted by Crippen LogP contribution is -2.21.